The maximum Gasteiger partial charge on any atom is 0.250 e. The maximum atomic E-state index is 11.9. The molecular formula is C5H8F2. The van der Waals surface area contributed by atoms with Gasteiger partial charge in [-0.1, -0.05) is 6.92 Å². The number of hydrogen-bond acceptors (Lipinski definition) is 0. The zero-order valence-corrected chi connectivity index (χ0v) is 4.25. The first-order chi connectivity index (χ1) is 3.13. The van der Waals surface area contributed by atoms with E-state index in [2.05, 4.69) is 0 Å². The molecule has 0 aromatic rings. The van der Waals surface area contributed by atoms with E-state index in [9.17, 15) is 8.78 Å². The molecule has 0 radical (unpaired) electrons. The van der Waals surface area contributed by atoms with Gasteiger partial charge in [-0.05, 0) is 6.42 Å². The van der Waals surface area contributed by atoms with Gasteiger partial charge in [-0.2, -0.15) is 0 Å². The Morgan fingerprint density at radius 2 is 2.00 bits per heavy atom. The molecule has 0 aromatic heterocycles. The van der Waals surface area contributed by atoms with Crippen LogP contribution in [0.1, 0.15) is 19.8 Å². The third kappa shape index (κ3) is 0.621. The van der Waals surface area contributed by atoms with Crippen molar-refractivity contribution in [1.82, 2.24) is 0 Å². The Bertz CT molecular complexity index is 78.1. The summed E-state index contributed by atoms with van der Waals surface area (Å²) < 4.78 is 23.9. The molecule has 0 N–H and O–H groups in total. The summed E-state index contributed by atoms with van der Waals surface area (Å²) in [5, 5.41) is 0. The first-order valence-electron chi connectivity index (χ1n) is 2.51. The van der Waals surface area contributed by atoms with E-state index in [1.807, 2.05) is 0 Å². The Morgan fingerprint density at radius 3 is 2.00 bits per heavy atom. The quantitative estimate of drug-likeness (QED) is 0.443. The van der Waals surface area contributed by atoms with Crippen molar-refractivity contribution in [2.75, 3.05) is 0 Å². The minimum absolute atomic E-state index is 0.105. The van der Waals surface area contributed by atoms with Gasteiger partial charge in [0.2, 0.25) is 0 Å². The predicted molar refractivity (Wildman–Crippen MR) is 23.3 cm³/mol. The molecule has 7 heavy (non-hydrogen) atoms. The minimum Gasteiger partial charge on any atom is -0.207 e. The molecule has 42 valence electrons. The number of alkyl halides is 2. The fraction of sp³-hybridized carbons (Fsp3) is 1.00. The Kier molecular flexibility index (Phi) is 0.839. The van der Waals surface area contributed by atoms with Crippen LogP contribution >= 0.6 is 0 Å². The molecule has 0 aliphatic heterocycles. The van der Waals surface area contributed by atoms with Crippen molar-refractivity contribution in [3.8, 4) is 0 Å². The van der Waals surface area contributed by atoms with Crippen molar-refractivity contribution < 1.29 is 8.78 Å². The SMILES string of the molecule is C[C@@H]1CCC1(F)F. The summed E-state index contributed by atoms with van der Waals surface area (Å²) in [5.41, 5.74) is 0. The molecule has 1 aliphatic carbocycles. The van der Waals surface area contributed by atoms with E-state index in [1.165, 1.54) is 0 Å². The van der Waals surface area contributed by atoms with Gasteiger partial charge in [-0.25, -0.2) is 8.78 Å². The first kappa shape index (κ1) is 5.01. The van der Waals surface area contributed by atoms with Gasteiger partial charge in [0.05, 0.1) is 0 Å². The van der Waals surface area contributed by atoms with Crippen LogP contribution in [-0.2, 0) is 0 Å². The molecule has 1 fully saturated rings. The smallest absolute Gasteiger partial charge is 0.207 e. The van der Waals surface area contributed by atoms with Crippen molar-refractivity contribution in [1.29, 1.82) is 0 Å². The van der Waals surface area contributed by atoms with Crippen LogP contribution in [-0.4, -0.2) is 5.92 Å². The molecule has 0 bridgehead atoms. The number of rotatable bonds is 0. The van der Waals surface area contributed by atoms with E-state index in [0.29, 0.717) is 6.42 Å². The average molecular weight is 106 g/mol. The standard InChI is InChI=1S/C5H8F2/c1-4-2-3-5(4,6)7/h4H,2-3H2,1H3/t4-/m1/s1. The summed E-state index contributed by atoms with van der Waals surface area (Å²) in [6.45, 7) is 1.59. The lowest BCUT2D eigenvalue weighted by atomic mass is 9.83. The molecular weight excluding hydrogens is 98.1 g/mol. The van der Waals surface area contributed by atoms with Crippen molar-refractivity contribution in [3.05, 3.63) is 0 Å². The number of halogens is 2. The number of hydrogen-bond donors (Lipinski definition) is 0. The molecule has 0 saturated heterocycles. The van der Waals surface area contributed by atoms with Crippen LogP contribution in [0, 0.1) is 5.92 Å². The molecule has 0 spiro atoms. The lowest BCUT2D eigenvalue weighted by Crippen LogP contribution is -2.36. The highest BCUT2D eigenvalue weighted by atomic mass is 19.3. The van der Waals surface area contributed by atoms with Gasteiger partial charge < -0.3 is 0 Å². The van der Waals surface area contributed by atoms with Crippen molar-refractivity contribution in [2.24, 2.45) is 5.92 Å². The first-order valence-corrected chi connectivity index (χ1v) is 2.51. The summed E-state index contributed by atoms with van der Waals surface area (Å²) in [7, 11) is 0. The molecule has 0 aromatic carbocycles. The third-order valence-electron chi connectivity index (χ3n) is 1.63. The predicted octanol–water partition coefficient (Wildman–Crippen LogP) is 2.05. The molecule has 1 saturated carbocycles. The molecule has 1 aliphatic rings. The Balaban J connectivity index is 2.43. The van der Waals surface area contributed by atoms with Crippen LogP contribution in [0.5, 0.6) is 0 Å². The molecule has 0 nitrogen and oxygen atoms in total. The Morgan fingerprint density at radius 1 is 1.57 bits per heavy atom. The van der Waals surface area contributed by atoms with Crippen LogP contribution in [0.25, 0.3) is 0 Å². The van der Waals surface area contributed by atoms with Gasteiger partial charge in [-0.3, -0.25) is 0 Å². The van der Waals surface area contributed by atoms with E-state index < -0.39 is 5.92 Å². The summed E-state index contributed by atoms with van der Waals surface area (Å²) in [4.78, 5) is 0. The molecule has 1 rings (SSSR count). The normalized spacial score (nSPS) is 37.3. The molecule has 0 unspecified atom stereocenters. The molecule has 0 heterocycles. The van der Waals surface area contributed by atoms with E-state index in [1.54, 1.807) is 6.92 Å². The third-order valence-corrected chi connectivity index (χ3v) is 1.63. The highest BCUT2D eigenvalue weighted by Crippen LogP contribution is 2.42. The van der Waals surface area contributed by atoms with Gasteiger partial charge >= 0.3 is 0 Å². The van der Waals surface area contributed by atoms with Crippen LogP contribution in [0.15, 0.2) is 0 Å². The van der Waals surface area contributed by atoms with E-state index >= 15 is 0 Å². The van der Waals surface area contributed by atoms with Crippen LogP contribution < -0.4 is 0 Å². The van der Waals surface area contributed by atoms with Crippen molar-refractivity contribution in [3.63, 3.8) is 0 Å². The van der Waals surface area contributed by atoms with Crippen molar-refractivity contribution >= 4 is 0 Å². The fourth-order valence-electron chi connectivity index (χ4n) is 0.651. The molecule has 2 heteroatoms. The maximum absolute atomic E-state index is 11.9. The zero-order chi connectivity index (χ0) is 5.49. The largest absolute Gasteiger partial charge is 0.250 e. The van der Waals surface area contributed by atoms with Gasteiger partial charge in [0.25, 0.3) is 5.92 Å². The average Bonchev–Trinajstić information content (AvgIpc) is 1.63. The van der Waals surface area contributed by atoms with E-state index in [0.717, 1.165) is 0 Å². The highest BCUT2D eigenvalue weighted by Gasteiger charge is 2.44. The van der Waals surface area contributed by atoms with Gasteiger partial charge in [0.1, 0.15) is 0 Å². The topological polar surface area (TPSA) is 0 Å². The lowest BCUT2D eigenvalue weighted by molar-refractivity contribution is -0.124. The van der Waals surface area contributed by atoms with E-state index in [-0.39, 0.29) is 12.3 Å². The summed E-state index contributed by atoms with van der Waals surface area (Å²) in [5.74, 6) is -2.67. The Hall–Kier alpha value is -0.140. The van der Waals surface area contributed by atoms with Gasteiger partial charge in [0.15, 0.2) is 0 Å². The second kappa shape index (κ2) is 1.17. The van der Waals surface area contributed by atoms with Gasteiger partial charge in [0, 0.05) is 12.3 Å². The summed E-state index contributed by atoms with van der Waals surface area (Å²) >= 11 is 0. The second-order valence-corrected chi connectivity index (χ2v) is 2.20. The highest BCUT2D eigenvalue weighted by molar-refractivity contribution is 4.84. The molecule has 1 atom stereocenters. The van der Waals surface area contributed by atoms with Gasteiger partial charge in [-0.15, -0.1) is 0 Å². The van der Waals surface area contributed by atoms with Crippen LogP contribution in [0.2, 0.25) is 0 Å². The fourth-order valence-corrected chi connectivity index (χ4v) is 0.651. The second-order valence-electron chi connectivity index (χ2n) is 2.20. The molecule has 0 amide bonds. The Labute approximate surface area is 41.5 Å². The zero-order valence-electron chi connectivity index (χ0n) is 4.25. The minimum atomic E-state index is -2.32. The summed E-state index contributed by atoms with van der Waals surface area (Å²) in [6, 6.07) is 0. The lowest BCUT2D eigenvalue weighted by Gasteiger charge is -2.32. The van der Waals surface area contributed by atoms with Crippen molar-refractivity contribution in [2.45, 2.75) is 25.7 Å². The summed E-state index contributed by atoms with van der Waals surface area (Å²) in [6.07, 6.45) is 0.807. The van der Waals surface area contributed by atoms with Crippen LogP contribution in [0.4, 0.5) is 8.78 Å². The van der Waals surface area contributed by atoms with Crippen LogP contribution in [0.3, 0.4) is 0 Å². The monoisotopic (exact) mass is 106 g/mol. The van der Waals surface area contributed by atoms with E-state index in [4.69, 9.17) is 0 Å².